The maximum absolute atomic E-state index is 7.66. The molecule has 1 aromatic carbocycles. The molecule has 1 heterocycles. The Morgan fingerprint density at radius 2 is 1.76 bits per heavy atom. The van der Waals surface area contributed by atoms with E-state index in [2.05, 4.69) is 25.8 Å². The number of nitrogen functional groups attached to an aromatic ring is 1. The van der Waals surface area contributed by atoms with Gasteiger partial charge in [-0.1, -0.05) is 32.9 Å². The first-order chi connectivity index (χ1) is 9.79. The summed E-state index contributed by atoms with van der Waals surface area (Å²) in [6.45, 7) is 8.38. The molecule has 1 aromatic heterocycles. The number of nitrogens with zero attached hydrogens (tertiary/aromatic N) is 1. The van der Waals surface area contributed by atoms with Crippen molar-refractivity contribution in [3.63, 3.8) is 0 Å². The molecule has 0 amide bonds. The molecule has 0 saturated carbocycles. The van der Waals surface area contributed by atoms with Gasteiger partial charge in [0.2, 0.25) is 5.88 Å². The highest BCUT2D eigenvalue weighted by molar-refractivity contribution is 5.98. The van der Waals surface area contributed by atoms with Gasteiger partial charge in [-0.05, 0) is 41.7 Å². The first kappa shape index (κ1) is 15.0. The molecule has 110 valence electrons. The van der Waals surface area contributed by atoms with Crippen LogP contribution in [0, 0.1) is 12.3 Å². The fourth-order valence-electron chi connectivity index (χ4n) is 2.07. The standard InChI is InChI=1S/C17H21N3O/c1-11-9-10-20-16(14(11)15(18)19)21-13-7-5-12(6-8-13)17(2,3)4/h5-10H,1-4H3,(H3,18,19). The quantitative estimate of drug-likeness (QED) is 0.665. The van der Waals surface area contributed by atoms with Crippen molar-refractivity contribution in [2.45, 2.75) is 33.1 Å². The molecule has 0 radical (unpaired) electrons. The average molecular weight is 283 g/mol. The number of benzene rings is 1. The maximum Gasteiger partial charge on any atom is 0.230 e. The molecule has 0 bridgehead atoms. The van der Waals surface area contributed by atoms with Crippen molar-refractivity contribution in [3.05, 3.63) is 53.2 Å². The van der Waals surface area contributed by atoms with Crippen LogP contribution in [0.4, 0.5) is 0 Å². The van der Waals surface area contributed by atoms with E-state index in [0.29, 0.717) is 17.2 Å². The fraction of sp³-hybridized carbons (Fsp3) is 0.294. The molecule has 0 aliphatic heterocycles. The fourth-order valence-corrected chi connectivity index (χ4v) is 2.07. The van der Waals surface area contributed by atoms with Gasteiger partial charge in [-0.15, -0.1) is 0 Å². The van der Waals surface area contributed by atoms with Gasteiger partial charge in [-0.25, -0.2) is 4.98 Å². The minimum atomic E-state index is -0.0399. The molecule has 0 saturated heterocycles. The van der Waals surface area contributed by atoms with Gasteiger partial charge in [-0.2, -0.15) is 0 Å². The molecule has 4 nitrogen and oxygen atoms in total. The second-order valence-corrected chi connectivity index (χ2v) is 6.10. The van der Waals surface area contributed by atoms with Crippen LogP contribution in [-0.2, 0) is 5.41 Å². The second kappa shape index (κ2) is 5.56. The molecular weight excluding hydrogens is 262 g/mol. The number of hydrogen-bond donors (Lipinski definition) is 2. The van der Waals surface area contributed by atoms with Gasteiger partial charge in [0.1, 0.15) is 11.6 Å². The van der Waals surface area contributed by atoms with E-state index >= 15 is 0 Å². The lowest BCUT2D eigenvalue weighted by molar-refractivity contribution is 0.460. The minimum Gasteiger partial charge on any atom is -0.438 e. The topological polar surface area (TPSA) is 72.0 Å². The van der Waals surface area contributed by atoms with E-state index in [1.807, 2.05) is 37.3 Å². The Morgan fingerprint density at radius 3 is 2.29 bits per heavy atom. The van der Waals surface area contributed by atoms with Crippen LogP contribution in [-0.4, -0.2) is 10.8 Å². The summed E-state index contributed by atoms with van der Waals surface area (Å²) in [4.78, 5) is 4.18. The number of aryl methyl sites for hydroxylation is 1. The highest BCUT2D eigenvalue weighted by atomic mass is 16.5. The first-order valence-corrected chi connectivity index (χ1v) is 6.87. The molecule has 0 aliphatic carbocycles. The largest absolute Gasteiger partial charge is 0.438 e. The van der Waals surface area contributed by atoms with E-state index in [1.165, 1.54) is 5.56 Å². The predicted molar refractivity (Wildman–Crippen MR) is 85.2 cm³/mol. The zero-order chi connectivity index (χ0) is 15.6. The summed E-state index contributed by atoms with van der Waals surface area (Å²) in [6.07, 6.45) is 1.65. The van der Waals surface area contributed by atoms with Crippen LogP contribution in [0.15, 0.2) is 36.5 Å². The molecule has 0 aliphatic rings. The molecular formula is C17H21N3O. The smallest absolute Gasteiger partial charge is 0.230 e. The Labute approximate surface area is 125 Å². The number of aromatic nitrogens is 1. The number of pyridine rings is 1. The van der Waals surface area contributed by atoms with Gasteiger partial charge < -0.3 is 10.5 Å². The molecule has 2 rings (SSSR count). The van der Waals surface area contributed by atoms with Gasteiger partial charge >= 0.3 is 0 Å². The molecule has 4 heteroatoms. The maximum atomic E-state index is 7.66. The highest BCUT2D eigenvalue weighted by Crippen LogP contribution is 2.28. The van der Waals surface area contributed by atoms with Crippen molar-refractivity contribution < 1.29 is 4.74 Å². The van der Waals surface area contributed by atoms with Crippen molar-refractivity contribution in [1.82, 2.24) is 4.98 Å². The lowest BCUT2D eigenvalue weighted by Crippen LogP contribution is -2.15. The molecule has 0 atom stereocenters. The van der Waals surface area contributed by atoms with Crippen molar-refractivity contribution in [3.8, 4) is 11.6 Å². The summed E-state index contributed by atoms with van der Waals surface area (Å²) < 4.78 is 5.79. The van der Waals surface area contributed by atoms with Crippen molar-refractivity contribution in [2.24, 2.45) is 5.73 Å². The SMILES string of the molecule is Cc1ccnc(Oc2ccc(C(C)(C)C)cc2)c1C(=N)N. The van der Waals surface area contributed by atoms with Crippen LogP contribution in [0.2, 0.25) is 0 Å². The van der Waals surface area contributed by atoms with Crippen LogP contribution < -0.4 is 10.5 Å². The summed E-state index contributed by atoms with van der Waals surface area (Å²) in [5.41, 5.74) is 8.36. The van der Waals surface area contributed by atoms with Gasteiger partial charge in [-0.3, -0.25) is 5.41 Å². The second-order valence-electron chi connectivity index (χ2n) is 6.10. The monoisotopic (exact) mass is 283 g/mol. The van der Waals surface area contributed by atoms with E-state index < -0.39 is 0 Å². The zero-order valence-electron chi connectivity index (χ0n) is 12.9. The highest BCUT2D eigenvalue weighted by Gasteiger charge is 2.15. The van der Waals surface area contributed by atoms with E-state index in [-0.39, 0.29) is 11.3 Å². The van der Waals surface area contributed by atoms with Crippen molar-refractivity contribution in [1.29, 1.82) is 5.41 Å². The third-order valence-electron chi connectivity index (χ3n) is 3.33. The molecule has 0 unspecified atom stereocenters. The van der Waals surface area contributed by atoms with Crippen molar-refractivity contribution in [2.75, 3.05) is 0 Å². The van der Waals surface area contributed by atoms with Crippen LogP contribution in [0.25, 0.3) is 0 Å². The van der Waals surface area contributed by atoms with Crippen LogP contribution in [0.3, 0.4) is 0 Å². The number of rotatable bonds is 3. The third kappa shape index (κ3) is 3.40. The number of hydrogen-bond acceptors (Lipinski definition) is 3. The van der Waals surface area contributed by atoms with Crippen LogP contribution in [0.1, 0.15) is 37.5 Å². The van der Waals surface area contributed by atoms with Gasteiger partial charge in [0, 0.05) is 6.20 Å². The summed E-state index contributed by atoms with van der Waals surface area (Å²) in [7, 11) is 0. The Bertz CT molecular complexity index is 655. The summed E-state index contributed by atoms with van der Waals surface area (Å²) in [5.74, 6) is 1.01. The normalized spacial score (nSPS) is 11.2. The zero-order valence-corrected chi connectivity index (χ0v) is 12.9. The summed E-state index contributed by atoms with van der Waals surface area (Å²) in [5, 5.41) is 7.66. The van der Waals surface area contributed by atoms with Crippen LogP contribution >= 0.6 is 0 Å². The molecule has 2 aromatic rings. The van der Waals surface area contributed by atoms with E-state index in [0.717, 1.165) is 5.56 Å². The number of nitrogens with two attached hydrogens (primary N) is 1. The van der Waals surface area contributed by atoms with Crippen molar-refractivity contribution >= 4 is 5.84 Å². The Morgan fingerprint density at radius 1 is 1.14 bits per heavy atom. The predicted octanol–water partition coefficient (Wildman–Crippen LogP) is 3.76. The number of ether oxygens (including phenoxy) is 1. The molecule has 0 spiro atoms. The first-order valence-electron chi connectivity index (χ1n) is 6.87. The Kier molecular flexibility index (Phi) is 3.98. The summed E-state index contributed by atoms with van der Waals surface area (Å²) >= 11 is 0. The molecule has 3 N–H and O–H groups in total. The van der Waals surface area contributed by atoms with Crippen LogP contribution in [0.5, 0.6) is 11.6 Å². The Balaban J connectivity index is 2.31. The lowest BCUT2D eigenvalue weighted by atomic mass is 9.87. The van der Waals surface area contributed by atoms with Gasteiger partial charge in [0.05, 0.1) is 5.56 Å². The van der Waals surface area contributed by atoms with Gasteiger partial charge in [0.15, 0.2) is 0 Å². The average Bonchev–Trinajstić information content (AvgIpc) is 2.38. The van der Waals surface area contributed by atoms with E-state index in [9.17, 15) is 0 Å². The molecule has 21 heavy (non-hydrogen) atoms. The lowest BCUT2D eigenvalue weighted by Gasteiger charge is -2.19. The van der Waals surface area contributed by atoms with E-state index in [1.54, 1.807) is 6.20 Å². The minimum absolute atomic E-state index is 0.0399. The molecule has 0 fully saturated rings. The van der Waals surface area contributed by atoms with Gasteiger partial charge in [0.25, 0.3) is 0 Å². The number of amidine groups is 1. The Hall–Kier alpha value is -2.36. The van der Waals surface area contributed by atoms with E-state index in [4.69, 9.17) is 15.9 Å². The number of nitrogens with one attached hydrogen (secondary N) is 1. The summed E-state index contributed by atoms with van der Waals surface area (Å²) in [6, 6.07) is 9.71. The third-order valence-corrected chi connectivity index (χ3v) is 3.33.